The Bertz CT molecular complexity index is 347. The second kappa shape index (κ2) is 5.93. The summed E-state index contributed by atoms with van der Waals surface area (Å²) in [6.07, 6.45) is 4.67. The van der Waals surface area contributed by atoms with Crippen LogP contribution >= 0.6 is 39.1 Å². The quantitative estimate of drug-likeness (QED) is 0.756. The van der Waals surface area contributed by atoms with E-state index < -0.39 is 0 Å². The Balaban J connectivity index is 2.51. The lowest BCUT2D eigenvalue weighted by molar-refractivity contribution is 0.598. The molecule has 80 valence electrons. The van der Waals surface area contributed by atoms with Crippen LogP contribution in [0.4, 0.5) is 0 Å². The molecule has 2 nitrogen and oxygen atoms in total. The fourth-order valence-electron chi connectivity index (χ4n) is 1.20. The molecule has 0 aromatic carbocycles. The zero-order valence-electron chi connectivity index (χ0n) is 8.06. The smallest absolute Gasteiger partial charge is 0.267 e. The molecular weight excluding hydrogens is 286 g/mol. The van der Waals surface area contributed by atoms with Gasteiger partial charge < -0.3 is 0 Å². The van der Waals surface area contributed by atoms with Crippen molar-refractivity contribution in [2.45, 2.75) is 39.2 Å². The normalized spacial score (nSPS) is 10.8. The minimum absolute atomic E-state index is 0.00324. The average molecular weight is 299 g/mol. The Hall–Kier alpha value is 0.200. The Labute approximate surface area is 101 Å². The highest BCUT2D eigenvalue weighted by Crippen LogP contribution is 2.24. The van der Waals surface area contributed by atoms with Crippen molar-refractivity contribution in [3.05, 3.63) is 19.2 Å². The second-order valence-corrected chi connectivity index (χ2v) is 5.57. The van der Waals surface area contributed by atoms with E-state index in [-0.39, 0.29) is 5.56 Å². The summed E-state index contributed by atoms with van der Waals surface area (Å²) in [5.41, 5.74) is -0.00324. The van der Waals surface area contributed by atoms with Crippen LogP contribution < -0.4 is 5.56 Å². The molecule has 0 atom stereocenters. The molecule has 0 aliphatic rings. The minimum Gasteiger partial charge on any atom is -0.267 e. The molecule has 0 saturated heterocycles. The lowest BCUT2D eigenvalue weighted by Crippen LogP contribution is -2.13. The molecule has 0 aliphatic heterocycles. The first-order valence-corrected chi connectivity index (χ1v) is 6.66. The third-order valence-corrected chi connectivity index (χ3v) is 4.55. The van der Waals surface area contributed by atoms with Crippen molar-refractivity contribution < 1.29 is 0 Å². The summed E-state index contributed by atoms with van der Waals surface area (Å²) in [6, 6.07) is 0. The largest absolute Gasteiger partial charge is 0.276 e. The molecule has 0 radical (unpaired) electrons. The van der Waals surface area contributed by atoms with E-state index in [2.05, 4.69) is 22.9 Å². The van der Waals surface area contributed by atoms with E-state index in [1.807, 2.05) is 0 Å². The maximum atomic E-state index is 11.5. The fraction of sp³-hybridized carbons (Fsp3) is 0.667. The topological polar surface area (TPSA) is 22.0 Å². The molecule has 0 fully saturated rings. The summed E-state index contributed by atoms with van der Waals surface area (Å²) in [6.45, 7) is 2.96. The molecule has 0 saturated carbocycles. The minimum atomic E-state index is -0.00324. The van der Waals surface area contributed by atoms with Crippen molar-refractivity contribution in [1.29, 1.82) is 0 Å². The first kappa shape index (κ1) is 12.3. The summed E-state index contributed by atoms with van der Waals surface area (Å²) in [7, 11) is 0. The molecule has 1 rings (SSSR count). The van der Waals surface area contributed by atoms with Crippen LogP contribution in [-0.2, 0) is 6.54 Å². The first-order chi connectivity index (χ1) is 6.66. The first-order valence-electron chi connectivity index (χ1n) is 4.72. The monoisotopic (exact) mass is 297 g/mol. The molecule has 1 aromatic rings. The van der Waals surface area contributed by atoms with Crippen molar-refractivity contribution in [1.82, 2.24) is 3.96 Å². The van der Waals surface area contributed by atoms with Crippen LogP contribution in [0.25, 0.3) is 0 Å². The lowest BCUT2D eigenvalue weighted by atomic mass is 10.2. The number of unbranched alkanes of at least 4 members (excludes halogenated alkanes) is 3. The predicted molar refractivity (Wildman–Crippen MR) is 65.4 cm³/mol. The maximum Gasteiger partial charge on any atom is 0.276 e. The standard InChI is InChI=1S/C9H13BrClNOS/c1-2-3-4-5-6-12-9(13)7(10)8(11)14-12/h2-6H2,1H3. The molecular formula is C9H13BrClNOS. The number of hydrogen-bond donors (Lipinski definition) is 0. The Morgan fingerprint density at radius 2 is 2.14 bits per heavy atom. The highest BCUT2D eigenvalue weighted by molar-refractivity contribution is 9.10. The number of nitrogens with zero attached hydrogens (tertiary/aromatic N) is 1. The number of aryl methyl sites for hydroxylation is 1. The van der Waals surface area contributed by atoms with Gasteiger partial charge in [0.25, 0.3) is 5.56 Å². The molecule has 0 bridgehead atoms. The van der Waals surface area contributed by atoms with Gasteiger partial charge in [-0.15, -0.1) is 0 Å². The van der Waals surface area contributed by atoms with Gasteiger partial charge in [-0.1, -0.05) is 37.8 Å². The summed E-state index contributed by atoms with van der Waals surface area (Å²) in [5, 5.41) is 0. The number of aromatic nitrogens is 1. The van der Waals surface area contributed by atoms with E-state index in [1.54, 1.807) is 3.96 Å². The highest BCUT2D eigenvalue weighted by atomic mass is 79.9. The Kier molecular flexibility index (Phi) is 5.20. The van der Waals surface area contributed by atoms with E-state index in [1.165, 1.54) is 30.8 Å². The maximum absolute atomic E-state index is 11.5. The molecule has 0 spiro atoms. The fourth-order valence-corrected chi connectivity index (χ4v) is 2.84. The Morgan fingerprint density at radius 1 is 1.43 bits per heavy atom. The van der Waals surface area contributed by atoms with Gasteiger partial charge >= 0.3 is 0 Å². The Morgan fingerprint density at radius 3 is 2.64 bits per heavy atom. The van der Waals surface area contributed by atoms with Crippen molar-refractivity contribution in [3.8, 4) is 0 Å². The van der Waals surface area contributed by atoms with Crippen LogP contribution in [-0.4, -0.2) is 3.96 Å². The van der Waals surface area contributed by atoms with Crippen LogP contribution in [0.1, 0.15) is 32.6 Å². The van der Waals surface area contributed by atoms with Gasteiger partial charge in [-0.25, -0.2) is 0 Å². The van der Waals surface area contributed by atoms with Gasteiger partial charge in [0, 0.05) is 6.54 Å². The molecule has 0 amide bonds. The average Bonchev–Trinajstić information content (AvgIpc) is 2.41. The van der Waals surface area contributed by atoms with E-state index in [0.29, 0.717) is 8.81 Å². The molecule has 5 heteroatoms. The van der Waals surface area contributed by atoms with Crippen LogP contribution in [0.3, 0.4) is 0 Å². The number of halogens is 2. The van der Waals surface area contributed by atoms with Crippen LogP contribution in [0.15, 0.2) is 9.27 Å². The van der Waals surface area contributed by atoms with E-state index >= 15 is 0 Å². The van der Waals surface area contributed by atoms with E-state index in [9.17, 15) is 4.79 Å². The van der Waals surface area contributed by atoms with Gasteiger partial charge in [0.2, 0.25) is 0 Å². The third-order valence-electron chi connectivity index (χ3n) is 1.99. The van der Waals surface area contributed by atoms with Gasteiger partial charge in [-0.05, 0) is 33.9 Å². The summed E-state index contributed by atoms with van der Waals surface area (Å²) in [4.78, 5) is 11.5. The number of hydrogen-bond acceptors (Lipinski definition) is 2. The van der Waals surface area contributed by atoms with Gasteiger partial charge in [0.1, 0.15) is 8.81 Å². The SMILES string of the molecule is CCCCCCn1sc(Cl)c(Br)c1=O. The highest BCUT2D eigenvalue weighted by Gasteiger charge is 2.09. The van der Waals surface area contributed by atoms with Crippen LogP contribution in [0.2, 0.25) is 4.34 Å². The molecule has 0 unspecified atom stereocenters. The summed E-state index contributed by atoms with van der Waals surface area (Å²) >= 11 is 10.3. The summed E-state index contributed by atoms with van der Waals surface area (Å²) < 4.78 is 2.76. The van der Waals surface area contributed by atoms with Crippen LogP contribution in [0, 0.1) is 0 Å². The van der Waals surface area contributed by atoms with Crippen molar-refractivity contribution >= 4 is 39.1 Å². The van der Waals surface area contributed by atoms with Gasteiger partial charge in [-0.2, -0.15) is 0 Å². The zero-order chi connectivity index (χ0) is 10.6. The number of rotatable bonds is 5. The summed E-state index contributed by atoms with van der Waals surface area (Å²) in [5.74, 6) is 0. The van der Waals surface area contributed by atoms with E-state index in [0.717, 1.165) is 13.0 Å². The molecule has 1 aromatic heterocycles. The van der Waals surface area contributed by atoms with Gasteiger partial charge in [0.05, 0.1) is 0 Å². The van der Waals surface area contributed by atoms with E-state index in [4.69, 9.17) is 11.6 Å². The van der Waals surface area contributed by atoms with Crippen molar-refractivity contribution in [3.63, 3.8) is 0 Å². The molecule has 0 N–H and O–H groups in total. The molecule has 14 heavy (non-hydrogen) atoms. The lowest BCUT2D eigenvalue weighted by Gasteiger charge is -1.98. The second-order valence-electron chi connectivity index (χ2n) is 3.15. The zero-order valence-corrected chi connectivity index (χ0v) is 11.2. The molecule has 1 heterocycles. The predicted octanol–water partition coefficient (Wildman–Crippen LogP) is 3.91. The van der Waals surface area contributed by atoms with Crippen molar-refractivity contribution in [2.24, 2.45) is 0 Å². The van der Waals surface area contributed by atoms with Crippen LogP contribution in [0.5, 0.6) is 0 Å². The van der Waals surface area contributed by atoms with Gasteiger partial charge in [-0.3, -0.25) is 8.75 Å². The van der Waals surface area contributed by atoms with Crippen molar-refractivity contribution in [2.75, 3.05) is 0 Å². The third kappa shape index (κ3) is 3.11. The van der Waals surface area contributed by atoms with Gasteiger partial charge in [0.15, 0.2) is 0 Å². The molecule has 0 aliphatic carbocycles.